The summed E-state index contributed by atoms with van der Waals surface area (Å²) in [4.78, 5) is 4.35. The van der Waals surface area contributed by atoms with Crippen LogP contribution >= 0.6 is 0 Å². The first kappa shape index (κ1) is 12.1. The highest BCUT2D eigenvalue weighted by atomic mass is 16.5. The van der Waals surface area contributed by atoms with Gasteiger partial charge in [-0.05, 0) is 36.4 Å². The van der Waals surface area contributed by atoms with Crippen LogP contribution in [0.2, 0.25) is 0 Å². The number of nitrogen functional groups attached to an aromatic ring is 1. The van der Waals surface area contributed by atoms with E-state index in [9.17, 15) is 0 Å². The number of nitrogens with zero attached hydrogens (tertiary/aromatic N) is 3. The maximum Gasteiger partial charge on any atom is 0.206 e. The summed E-state index contributed by atoms with van der Waals surface area (Å²) in [7, 11) is 1.60. The van der Waals surface area contributed by atoms with Crippen LogP contribution in [0.3, 0.4) is 0 Å². The van der Waals surface area contributed by atoms with Gasteiger partial charge in [-0.3, -0.25) is 4.57 Å². The van der Waals surface area contributed by atoms with Crippen molar-refractivity contribution in [3.63, 3.8) is 0 Å². The highest BCUT2D eigenvalue weighted by molar-refractivity contribution is 5.86. The number of imidazole rings is 1. The second kappa shape index (κ2) is 4.59. The SMILES string of the molecule is COc1cccc2c1nc(N)n2-c1ccc(C#N)cc1. The van der Waals surface area contributed by atoms with E-state index in [1.165, 1.54) is 0 Å². The molecule has 0 amide bonds. The van der Waals surface area contributed by atoms with E-state index in [1.807, 2.05) is 34.9 Å². The van der Waals surface area contributed by atoms with Gasteiger partial charge in [0.2, 0.25) is 5.95 Å². The molecule has 0 radical (unpaired) electrons. The van der Waals surface area contributed by atoms with Crippen LogP contribution in [-0.4, -0.2) is 16.7 Å². The molecule has 0 aliphatic rings. The molecule has 1 aromatic heterocycles. The van der Waals surface area contributed by atoms with Gasteiger partial charge in [0.1, 0.15) is 11.3 Å². The number of hydrogen-bond acceptors (Lipinski definition) is 4. The van der Waals surface area contributed by atoms with Gasteiger partial charge >= 0.3 is 0 Å². The number of nitriles is 1. The fraction of sp³-hybridized carbons (Fsp3) is 0.0667. The molecule has 0 aliphatic carbocycles. The smallest absolute Gasteiger partial charge is 0.206 e. The van der Waals surface area contributed by atoms with Gasteiger partial charge in [0.25, 0.3) is 0 Å². The lowest BCUT2D eigenvalue weighted by atomic mass is 10.2. The Morgan fingerprint density at radius 2 is 1.95 bits per heavy atom. The van der Waals surface area contributed by atoms with Gasteiger partial charge in [-0.2, -0.15) is 5.26 Å². The molecule has 0 atom stereocenters. The van der Waals surface area contributed by atoms with Crippen molar-refractivity contribution < 1.29 is 4.74 Å². The Morgan fingerprint density at radius 1 is 1.20 bits per heavy atom. The zero-order valence-electron chi connectivity index (χ0n) is 10.9. The van der Waals surface area contributed by atoms with Crippen LogP contribution in [0.25, 0.3) is 16.7 Å². The molecular formula is C15H12N4O. The standard InChI is InChI=1S/C15H12N4O/c1-20-13-4-2-3-12-14(13)18-15(17)19(12)11-7-5-10(9-16)6-8-11/h2-8H,1H3,(H2,17,18). The molecule has 0 fully saturated rings. The van der Waals surface area contributed by atoms with Crippen molar-refractivity contribution in [3.8, 4) is 17.5 Å². The topological polar surface area (TPSA) is 76.9 Å². The number of rotatable bonds is 2. The summed E-state index contributed by atoms with van der Waals surface area (Å²) in [6.07, 6.45) is 0. The van der Waals surface area contributed by atoms with Crippen molar-refractivity contribution in [1.82, 2.24) is 9.55 Å². The van der Waals surface area contributed by atoms with Crippen molar-refractivity contribution >= 4 is 17.0 Å². The summed E-state index contributed by atoms with van der Waals surface area (Å²) in [6, 6.07) is 14.9. The molecule has 0 saturated heterocycles. The van der Waals surface area contributed by atoms with Crippen LogP contribution in [0.5, 0.6) is 5.75 Å². The lowest BCUT2D eigenvalue weighted by Crippen LogP contribution is -2.00. The second-order valence-electron chi connectivity index (χ2n) is 4.29. The van der Waals surface area contributed by atoms with E-state index in [-0.39, 0.29) is 0 Å². The number of aromatic nitrogens is 2. The fourth-order valence-electron chi connectivity index (χ4n) is 2.21. The third-order valence-electron chi connectivity index (χ3n) is 3.15. The third-order valence-corrected chi connectivity index (χ3v) is 3.15. The van der Waals surface area contributed by atoms with Crippen molar-refractivity contribution in [2.75, 3.05) is 12.8 Å². The van der Waals surface area contributed by atoms with Crippen LogP contribution in [0.15, 0.2) is 42.5 Å². The Kier molecular flexibility index (Phi) is 2.77. The molecule has 2 N–H and O–H groups in total. The Labute approximate surface area is 115 Å². The molecule has 0 saturated carbocycles. The average molecular weight is 264 g/mol. The van der Waals surface area contributed by atoms with Crippen LogP contribution in [0.4, 0.5) is 5.95 Å². The number of ether oxygens (including phenoxy) is 1. The lowest BCUT2D eigenvalue weighted by molar-refractivity contribution is 0.419. The lowest BCUT2D eigenvalue weighted by Gasteiger charge is -2.06. The Morgan fingerprint density at radius 3 is 2.60 bits per heavy atom. The van der Waals surface area contributed by atoms with Crippen molar-refractivity contribution in [3.05, 3.63) is 48.0 Å². The fourth-order valence-corrected chi connectivity index (χ4v) is 2.21. The van der Waals surface area contributed by atoms with E-state index < -0.39 is 0 Å². The molecule has 3 aromatic rings. The molecule has 3 rings (SSSR count). The summed E-state index contributed by atoms with van der Waals surface area (Å²) in [5.41, 5.74) is 9.06. The highest BCUT2D eigenvalue weighted by Crippen LogP contribution is 2.29. The average Bonchev–Trinajstić information content (AvgIpc) is 2.83. The van der Waals surface area contributed by atoms with Crippen LogP contribution < -0.4 is 10.5 Å². The van der Waals surface area contributed by atoms with Gasteiger partial charge in [-0.15, -0.1) is 0 Å². The third kappa shape index (κ3) is 1.75. The van der Waals surface area contributed by atoms with Crippen molar-refractivity contribution in [2.45, 2.75) is 0 Å². The van der Waals surface area contributed by atoms with Crippen LogP contribution in [0.1, 0.15) is 5.56 Å². The number of hydrogen-bond donors (Lipinski definition) is 1. The van der Waals surface area contributed by atoms with Gasteiger partial charge in [0, 0.05) is 5.69 Å². The molecule has 20 heavy (non-hydrogen) atoms. The van der Waals surface area contributed by atoms with Gasteiger partial charge < -0.3 is 10.5 Å². The molecule has 0 unspecified atom stereocenters. The summed E-state index contributed by atoms with van der Waals surface area (Å²) < 4.78 is 7.13. The zero-order chi connectivity index (χ0) is 14.1. The van der Waals surface area contributed by atoms with E-state index >= 15 is 0 Å². The number of anilines is 1. The monoisotopic (exact) mass is 264 g/mol. The first-order chi connectivity index (χ1) is 9.74. The van der Waals surface area contributed by atoms with E-state index in [4.69, 9.17) is 15.7 Å². The summed E-state index contributed by atoms with van der Waals surface area (Å²) in [5.74, 6) is 1.07. The highest BCUT2D eigenvalue weighted by Gasteiger charge is 2.13. The van der Waals surface area contributed by atoms with Crippen LogP contribution in [0, 0.1) is 11.3 Å². The minimum absolute atomic E-state index is 0.384. The van der Waals surface area contributed by atoms with E-state index in [0.717, 1.165) is 16.7 Å². The minimum atomic E-state index is 0.384. The number of fused-ring (bicyclic) bond motifs is 1. The maximum atomic E-state index is 8.84. The molecule has 5 nitrogen and oxygen atoms in total. The molecule has 0 spiro atoms. The minimum Gasteiger partial charge on any atom is -0.494 e. The first-order valence-electron chi connectivity index (χ1n) is 6.06. The Bertz CT molecular complexity index is 812. The summed E-state index contributed by atoms with van der Waals surface area (Å²) in [6.45, 7) is 0. The van der Waals surface area contributed by atoms with Gasteiger partial charge in [0.15, 0.2) is 0 Å². The quantitative estimate of drug-likeness (QED) is 0.771. The second-order valence-corrected chi connectivity index (χ2v) is 4.29. The van der Waals surface area contributed by atoms with Gasteiger partial charge in [-0.1, -0.05) is 6.07 Å². The normalized spacial score (nSPS) is 10.4. The molecule has 2 aromatic carbocycles. The Hall–Kier alpha value is -3.00. The van der Waals surface area contributed by atoms with Gasteiger partial charge in [0.05, 0.1) is 24.3 Å². The largest absolute Gasteiger partial charge is 0.494 e. The van der Waals surface area contributed by atoms with E-state index in [1.54, 1.807) is 19.2 Å². The predicted molar refractivity (Wildman–Crippen MR) is 76.7 cm³/mol. The summed E-state index contributed by atoms with van der Waals surface area (Å²) in [5, 5.41) is 8.84. The Balaban J connectivity index is 2.25. The molecule has 0 aliphatic heterocycles. The molecular weight excluding hydrogens is 252 g/mol. The van der Waals surface area contributed by atoms with Crippen LogP contribution in [-0.2, 0) is 0 Å². The van der Waals surface area contributed by atoms with Gasteiger partial charge in [-0.25, -0.2) is 4.98 Å². The van der Waals surface area contributed by atoms with E-state index in [2.05, 4.69) is 11.1 Å². The number of benzene rings is 2. The zero-order valence-corrected chi connectivity index (χ0v) is 10.9. The number of methoxy groups -OCH3 is 1. The predicted octanol–water partition coefficient (Wildman–Crippen LogP) is 2.49. The first-order valence-corrected chi connectivity index (χ1v) is 6.06. The molecule has 0 bridgehead atoms. The van der Waals surface area contributed by atoms with Crippen molar-refractivity contribution in [1.29, 1.82) is 5.26 Å². The number of para-hydroxylation sites is 1. The summed E-state index contributed by atoms with van der Waals surface area (Å²) >= 11 is 0. The van der Waals surface area contributed by atoms with E-state index in [0.29, 0.717) is 17.3 Å². The maximum absolute atomic E-state index is 8.84. The molecule has 1 heterocycles. The molecule has 98 valence electrons. The molecule has 5 heteroatoms. The number of nitrogens with two attached hydrogens (primary N) is 1. The van der Waals surface area contributed by atoms with Crippen molar-refractivity contribution in [2.24, 2.45) is 0 Å².